The van der Waals surface area contributed by atoms with E-state index in [1.165, 1.54) is 10.9 Å². The summed E-state index contributed by atoms with van der Waals surface area (Å²) < 4.78 is 10.2. The van der Waals surface area contributed by atoms with Crippen molar-refractivity contribution in [1.82, 2.24) is 4.98 Å². The molecule has 0 aliphatic carbocycles. The first-order valence-electron chi connectivity index (χ1n) is 5.80. The van der Waals surface area contributed by atoms with Crippen molar-refractivity contribution in [2.45, 2.75) is 0 Å². The van der Waals surface area contributed by atoms with Crippen molar-refractivity contribution < 1.29 is 9.47 Å². The Bertz CT molecular complexity index is 592. The third-order valence-electron chi connectivity index (χ3n) is 2.74. The van der Waals surface area contributed by atoms with Gasteiger partial charge in [0, 0.05) is 11.7 Å². The lowest BCUT2D eigenvalue weighted by Gasteiger charge is -1.89. The molecule has 1 aliphatic heterocycles. The van der Waals surface area contributed by atoms with E-state index in [1.54, 1.807) is 0 Å². The molecule has 2 aromatic carbocycles. The number of aromatic amines is 1. The largest absolute Gasteiger partial charge is 0.454 e. The predicted molar refractivity (Wildman–Crippen MR) is 70.9 cm³/mol. The fraction of sp³-hybridized carbons (Fsp3) is 0.0667. The number of H-pyrrole nitrogens is 1. The van der Waals surface area contributed by atoms with Crippen molar-refractivity contribution in [3.05, 3.63) is 60.8 Å². The molecule has 0 atom stereocenters. The first-order valence-corrected chi connectivity index (χ1v) is 5.80. The van der Waals surface area contributed by atoms with Crippen LogP contribution in [0.2, 0.25) is 0 Å². The van der Waals surface area contributed by atoms with Gasteiger partial charge in [-0.25, -0.2) is 0 Å². The molecule has 0 amide bonds. The average molecular weight is 239 g/mol. The minimum Gasteiger partial charge on any atom is -0.454 e. The van der Waals surface area contributed by atoms with Crippen LogP contribution in [0.3, 0.4) is 0 Å². The van der Waals surface area contributed by atoms with Gasteiger partial charge in [-0.2, -0.15) is 0 Å². The molecule has 1 aliphatic rings. The normalized spacial score (nSPS) is 12.0. The van der Waals surface area contributed by atoms with Crippen LogP contribution in [-0.4, -0.2) is 11.8 Å². The van der Waals surface area contributed by atoms with Crippen molar-refractivity contribution in [2.75, 3.05) is 6.79 Å². The highest BCUT2D eigenvalue weighted by Crippen LogP contribution is 2.30. The highest BCUT2D eigenvalue weighted by molar-refractivity contribution is 5.78. The van der Waals surface area contributed by atoms with Crippen molar-refractivity contribution in [2.24, 2.45) is 0 Å². The SMILES string of the molecule is c1ccc2[nH]ccc2c1.c1ccc2c(c1)OCO2. The number of aromatic nitrogens is 1. The van der Waals surface area contributed by atoms with Crippen LogP contribution < -0.4 is 9.47 Å². The first-order chi connectivity index (χ1) is 8.93. The molecular formula is C15H13NO2. The van der Waals surface area contributed by atoms with E-state index in [0.717, 1.165) is 11.5 Å². The monoisotopic (exact) mass is 239 g/mol. The number of rotatable bonds is 0. The van der Waals surface area contributed by atoms with Crippen LogP contribution in [0.25, 0.3) is 10.9 Å². The number of hydrogen-bond acceptors (Lipinski definition) is 2. The second-order valence-corrected chi connectivity index (χ2v) is 3.92. The fourth-order valence-corrected chi connectivity index (χ4v) is 1.84. The fourth-order valence-electron chi connectivity index (χ4n) is 1.84. The van der Waals surface area contributed by atoms with E-state index in [4.69, 9.17) is 9.47 Å². The molecule has 0 bridgehead atoms. The molecule has 1 N–H and O–H groups in total. The zero-order chi connectivity index (χ0) is 12.2. The van der Waals surface area contributed by atoms with Crippen LogP contribution in [0, 0.1) is 0 Å². The molecule has 3 aromatic rings. The Labute approximate surface area is 105 Å². The topological polar surface area (TPSA) is 34.2 Å². The van der Waals surface area contributed by atoms with Crippen molar-refractivity contribution in [3.63, 3.8) is 0 Å². The molecule has 0 saturated heterocycles. The maximum atomic E-state index is 5.08. The van der Waals surface area contributed by atoms with E-state index in [1.807, 2.05) is 42.6 Å². The van der Waals surface area contributed by atoms with E-state index in [9.17, 15) is 0 Å². The lowest BCUT2D eigenvalue weighted by atomic mass is 10.3. The number of benzene rings is 2. The quantitative estimate of drug-likeness (QED) is 0.650. The second kappa shape index (κ2) is 4.84. The van der Waals surface area contributed by atoms with E-state index in [-0.39, 0.29) is 0 Å². The molecule has 0 fully saturated rings. The van der Waals surface area contributed by atoms with E-state index in [0.29, 0.717) is 6.79 Å². The van der Waals surface area contributed by atoms with Gasteiger partial charge in [-0.05, 0) is 29.7 Å². The number of para-hydroxylation sites is 3. The van der Waals surface area contributed by atoms with Gasteiger partial charge in [-0.15, -0.1) is 0 Å². The zero-order valence-electron chi connectivity index (χ0n) is 9.80. The molecular weight excluding hydrogens is 226 g/mol. The van der Waals surface area contributed by atoms with Crippen molar-refractivity contribution in [1.29, 1.82) is 0 Å². The standard InChI is InChI=1S/C8H7N.C7H6O2/c1-2-4-8-7(3-1)5-6-9-8;1-2-4-7-6(3-1)8-5-9-7/h1-6,9H;1-4H,5H2. The van der Waals surface area contributed by atoms with Gasteiger partial charge in [0.25, 0.3) is 0 Å². The Hall–Kier alpha value is -2.42. The molecule has 0 spiro atoms. The minimum absolute atomic E-state index is 0.360. The Morgan fingerprint density at radius 3 is 2.17 bits per heavy atom. The van der Waals surface area contributed by atoms with E-state index >= 15 is 0 Å². The van der Waals surface area contributed by atoms with Crippen molar-refractivity contribution >= 4 is 10.9 Å². The summed E-state index contributed by atoms with van der Waals surface area (Å²) in [4.78, 5) is 3.12. The molecule has 4 rings (SSSR count). The molecule has 1 aromatic heterocycles. The van der Waals surface area contributed by atoms with Gasteiger partial charge < -0.3 is 14.5 Å². The van der Waals surface area contributed by atoms with Crippen LogP contribution >= 0.6 is 0 Å². The molecule has 2 heterocycles. The van der Waals surface area contributed by atoms with Gasteiger partial charge in [-0.1, -0.05) is 30.3 Å². The lowest BCUT2D eigenvalue weighted by Crippen LogP contribution is -1.92. The Kier molecular flexibility index (Phi) is 2.88. The van der Waals surface area contributed by atoms with Gasteiger partial charge in [0.2, 0.25) is 6.79 Å². The van der Waals surface area contributed by atoms with Gasteiger partial charge in [0.05, 0.1) is 0 Å². The Morgan fingerprint density at radius 2 is 1.44 bits per heavy atom. The maximum absolute atomic E-state index is 5.08. The van der Waals surface area contributed by atoms with Crippen molar-refractivity contribution in [3.8, 4) is 11.5 Å². The third-order valence-corrected chi connectivity index (χ3v) is 2.74. The van der Waals surface area contributed by atoms with Crippen LogP contribution in [0.1, 0.15) is 0 Å². The molecule has 3 nitrogen and oxygen atoms in total. The zero-order valence-corrected chi connectivity index (χ0v) is 9.80. The van der Waals surface area contributed by atoms with Crippen LogP contribution in [-0.2, 0) is 0 Å². The van der Waals surface area contributed by atoms with Crippen LogP contribution in [0.4, 0.5) is 0 Å². The van der Waals surface area contributed by atoms with Gasteiger partial charge in [0.15, 0.2) is 11.5 Å². The summed E-state index contributed by atoms with van der Waals surface area (Å²) >= 11 is 0. The highest BCUT2D eigenvalue weighted by atomic mass is 16.7. The highest BCUT2D eigenvalue weighted by Gasteiger charge is 2.09. The number of nitrogens with one attached hydrogen (secondary N) is 1. The predicted octanol–water partition coefficient (Wildman–Crippen LogP) is 3.58. The van der Waals surface area contributed by atoms with Crippen LogP contribution in [0.5, 0.6) is 11.5 Å². The number of hydrogen-bond donors (Lipinski definition) is 1. The summed E-state index contributed by atoms with van der Waals surface area (Å²) in [6.07, 6.45) is 1.95. The van der Waals surface area contributed by atoms with E-state index in [2.05, 4.69) is 23.2 Å². The molecule has 3 heteroatoms. The molecule has 18 heavy (non-hydrogen) atoms. The first kappa shape index (κ1) is 10.7. The summed E-state index contributed by atoms with van der Waals surface area (Å²) in [6, 6.07) is 17.9. The molecule has 90 valence electrons. The Balaban J connectivity index is 0.000000111. The lowest BCUT2D eigenvalue weighted by molar-refractivity contribution is 0.174. The summed E-state index contributed by atoms with van der Waals surface area (Å²) in [6.45, 7) is 0.360. The number of fused-ring (bicyclic) bond motifs is 2. The van der Waals surface area contributed by atoms with Crippen LogP contribution in [0.15, 0.2) is 60.8 Å². The van der Waals surface area contributed by atoms with E-state index < -0.39 is 0 Å². The summed E-state index contributed by atoms with van der Waals surface area (Å²) in [5.74, 6) is 1.69. The van der Waals surface area contributed by atoms with Gasteiger partial charge in [0.1, 0.15) is 0 Å². The summed E-state index contributed by atoms with van der Waals surface area (Å²) in [7, 11) is 0. The minimum atomic E-state index is 0.360. The maximum Gasteiger partial charge on any atom is 0.231 e. The third kappa shape index (κ3) is 2.15. The van der Waals surface area contributed by atoms with Gasteiger partial charge >= 0.3 is 0 Å². The summed E-state index contributed by atoms with van der Waals surface area (Å²) in [5.41, 5.74) is 1.21. The van der Waals surface area contributed by atoms with Gasteiger partial charge in [-0.3, -0.25) is 0 Å². The molecule has 0 unspecified atom stereocenters. The molecule has 0 saturated carbocycles. The number of ether oxygens (including phenoxy) is 2. The summed E-state index contributed by atoms with van der Waals surface area (Å²) in [5, 5.41) is 1.28. The second-order valence-electron chi connectivity index (χ2n) is 3.92. The smallest absolute Gasteiger partial charge is 0.231 e. The Morgan fingerprint density at radius 1 is 0.778 bits per heavy atom. The molecule has 0 radical (unpaired) electrons. The average Bonchev–Trinajstić information content (AvgIpc) is 3.08.